The summed E-state index contributed by atoms with van der Waals surface area (Å²) in [5.41, 5.74) is 5.47. The van der Waals surface area contributed by atoms with Gasteiger partial charge in [0.2, 0.25) is 0 Å². The Kier molecular flexibility index (Phi) is 5.29. The van der Waals surface area contributed by atoms with Crippen molar-refractivity contribution in [3.8, 4) is 0 Å². The van der Waals surface area contributed by atoms with E-state index in [1.807, 2.05) is 0 Å². The summed E-state index contributed by atoms with van der Waals surface area (Å²) in [5.74, 6) is 0.778. The zero-order chi connectivity index (χ0) is 6.41. The van der Waals surface area contributed by atoms with Gasteiger partial charge in [0.15, 0.2) is 0 Å². The highest BCUT2D eigenvalue weighted by molar-refractivity contribution is 6.42. The van der Waals surface area contributed by atoms with E-state index in [0.717, 1.165) is 12.4 Å². The first-order chi connectivity index (χ1) is 3.85. The van der Waals surface area contributed by atoms with Crippen LogP contribution in [0.5, 0.6) is 0 Å². The second-order valence-electron chi connectivity index (χ2n) is 2.30. The van der Waals surface area contributed by atoms with E-state index >= 15 is 0 Å². The maximum atomic E-state index is 5.47. The maximum Gasteiger partial charge on any atom is 0.121 e. The molecule has 8 heavy (non-hydrogen) atoms. The van der Waals surface area contributed by atoms with E-state index < -0.39 is 0 Å². The largest absolute Gasteiger partial charge is 0.331 e. The summed E-state index contributed by atoms with van der Waals surface area (Å²) in [5, 5.41) is 0. The van der Waals surface area contributed by atoms with Crippen molar-refractivity contribution in [1.29, 1.82) is 0 Å². The first-order valence-electron chi connectivity index (χ1n) is 3.55. The summed E-state index contributed by atoms with van der Waals surface area (Å²) in [7, 11) is 2.51. The molecule has 2 N–H and O–H groups in total. The van der Waals surface area contributed by atoms with Gasteiger partial charge in [0.1, 0.15) is 14.6 Å². The van der Waals surface area contributed by atoms with Gasteiger partial charge in [-0.15, -0.1) is 0 Å². The van der Waals surface area contributed by atoms with Gasteiger partial charge in [-0.3, -0.25) is 0 Å². The monoisotopic (exact) mass is 111 g/mol. The third-order valence-electron chi connectivity index (χ3n) is 1.61. The standard InChI is InChI=1S/C5H15B2N/c1-6-3-5(4-8)7-2/h5-7H,3-4,8H2,1-2H3. The molecular weight excluding hydrogens is 95.7 g/mol. The summed E-state index contributed by atoms with van der Waals surface area (Å²) in [4.78, 5) is 0. The Morgan fingerprint density at radius 3 is 2.25 bits per heavy atom. The molecule has 1 atom stereocenters. The third-order valence-corrected chi connectivity index (χ3v) is 1.61. The molecular formula is C5H15B2N. The van der Waals surface area contributed by atoms with Crippen LogP contribution in [0.3, 0.4) is 0 Å². The summed E-state index contributed by atoms with van der Waals surface area (Å²) in [6.45, 7) is 5.27. The minimum absolute atomic E-state index is 0.778. The van der Waals surface area contributed by atoms with E-state index in [0.29, 0.717) is 0 Å². The fraction of sp³-hybridized carbons (Fsp3) is 1.00. The quantitative estimate of drug-likeness (QED) is 0.512. The number of hydrogen-bond acceptors (Lipinski definition) is 1. The molecule has 0 aromatic heterocycles. The predicted molar refractivity (Wildman–Crippen MR) is 43.6 cm³/mol. The highest BCUT2D eigenvalue weighted by Gasteiger charge is 2.01. The Labute approximate surface area is 53.5 Å². The fourth-order valence-electron chi connectivity index (χ4n) is 0.897. The van der Waals surface area contributed by atoms with Crippen LogP contribution < -0.4 is 5.73 Å². The second-order valence-corrected chi connectivity index (χ2v) is 2.30. The Balaban J connectivity index is 3.07. The van der Waals surface area contributed by atoms with Crippen molar-refractivity contribution in [2.45, 2.75) is 25.8 Å². The maximum absolute atomic E-state index is 5.47. The Morgan fingerprint density at radius 2 is 2.12 bits per heavy atom. The zero-order valence-corrected chi connectivity index (χ0v) is 5.98. The fourth-order valence-corrected chi connectivity index (χ4v) is 0.897. The molecule has 0 aromatic rings. The zero-order valence-electron chi connectivity index (χ0n) is 5.98. The van der Waals surface area contributed by atoms with Crippen molar-refractivity contribution < 1.29 is 0 Å². The molecule has 3 heteroatoms. The third kappa shape index (κ3) is 3.14. The molecule has 0 saturated carbocycles. The van der Waals surface area contributed by atoms with Crippen molar-refractivity contribution in [1.82, 2.24) is 0 Å². The average Bonchev–Trinajstić information content (AvgIpc) is 1.83. The van der Waals surface area contributed by atoms with Crippen LogP contribution in [0.2, 0.25) is 25.8 Å². The van der Waals surface area contributed by atoms with Gasteiger partial charge < -0.3 is 5.73 Å². The smallest absolute Gasteiger partial charge is 0.121 e. The lowest BCUT2D eigenvalue weighted by Crippen LogP contribution is -2.13. The molecule has 0 radical (unpaired) electrons. The Bertz CT molecular complexity index is 45.7. The molecule has 1 unspecified atom stereocenters. The molecule has 0 aliphatic heterocycles. The summed E-state index contributed by atoms with van der Waals surface area (Å²) < 4.78 is 0. The molecule has 0 aliphatic rings. The van der Waals surface area contributed by atoms with Gasteiger partial charge in [0.25, 0.3) is 0 Å². The van der Waals surface area contributed by atoms with Crippen molar-refractivity contribution >= 4 is 14.6 Å². The average molecular weight is 111 g/mol. The van der Waals surface area contributed by atoms with E-state index in [4.69, 9.17) is 5.73 Å². The van der Waals surface area contributed by atoms with E-state index in [9.17, 15) is 0 Å². The number of hydrogen-bond donors (Lipinski definition) is 1. The molecule has 1 nitrogen and oxygen atoms in total. The topological polar surface area (TPSA) is 26.0 Å². The Morgan fingerprint density at radius 1 is 1.50 bits per heavy atom. The van der Waals surface area contributed by atoms with Crippen LogP contribution >= 0.6 is 0 Å². The van der Waals surface area contributed by atoms with Gasteiger partial charge in [-0.1, -0.05) is 25.8 Å². The van der Waals surface area contributed by atoms with Crippen LogP contribution in [-0.2, 0) is 0 Å². The van der Waals surface area contributed by atoms with Crippen LogP contribution in [0.15, 0.2) is 0 Å². The summed E-state index contributed by atoms with van der Waals surface area (Å²) in [6.07, 6.45) is 1.30. The molecule has 0 saturated heterocycles. The lowest BCUT2D eigenvalue weighted by atomic mass is 9.57. The Hall–Kier alpha value is 0.0899. The van der Waals surface area contributed by atoms with E-state index in [2.05, 4.69) is 13.6 Å². The van der Waals surface area contributed by atoms with Crippen LogP contribution in [0.4, 0.5) is 0 Å². The van der Waals surface area contributed by atoms with Gasteiger partial charge in [-0.25, -0.2) is 0 Å². The van der Waals surface area contributed by atoms with Gasteiger partial charge in [-0.05, 0) is 6.54 Å². The number of rotatable bonds is 4. The molecule has 0 amide bonds. The van der Waals surface area contributed by atoms with Crippen molar-refractivity contribution in [2.75, 3.05) is 6.54 Å². The van der Waals surface area contributed by atoms with Gasteiger partial charge >= 0.3 is 0 Å². The van der Waals surface area contributed by atoms with Crippen LogP contribution in [-0.4, -0.2) is 21.1 Å². The minimum Gasteiger partial charge on any atom is -0.331 e. The van der Waals surface area contributed by atoms with Crippen LogP contribution in [0.25, 0.3) is 0 Å². The molecule has 0 aliphatic carbocycles. The highest BCUT2D eigenvalue weighted by Crippen LogP contribution is 2.05. The summed E-state index contributed by atoms with van der Waals surface area (Å²) in [6, 6.07) is 0. The lowest BCUT2D eigenvalue weighted by molar-refractivity contribution is 0.910. The highest BCUT2D eigenvalue weighted by atomic mass is 14.5. The van der Waals surface area contributed by atoms with E-state index in [1.165, 1.54) is 20.9 Å². The predicted octanol–water partition coefficient (Wildman–Crippen LogP) is 0.121. The van der Waals surface area contributed by atoms with Crippen molar-refractivity contribution in [3.05, 3.63) is 0 Å². The lowest BCUT2D eigenvalue weighted by Gasteiger charge is -2.06. The van der Waals surface area contributed by atoms with Gasteiger partial charge in [-0.2, -0.15) is 0 Å². The van der Waals surface area contributed by atoms with E-state index in [-0.39, 0.29) is 0 Å². The molecule has 0 rings (SSSR count). The molecule has 0 heterocycles. The minimum atomic E-state index is 0.778. The van der Waals surface area contributed by atoms with Gasteiger partial charge in [0, 0.05) is 0 Å². The molecule has 0 bridgehead atoms. The van der Waals surface area contributed by atoms with Crippen molar-refractivity contribution in [3.63, 3.8) is 0 Å². The van der Waals surface area contributed by atoms with Gasteiger partial charge in [0.05, 0.1) is 0 Å². The molecule has 0 fully saturated rings. The summed E-state index contributed by atoms with van der Waals surface area (Å²) >= 11 is 0. The molecule has 0 spiro atoms. The second kappa shape index (κ2) is 5.23. The van der Waals surface area contributed by atoms with E-state index in [1.54, 1.807) is 0 Å². The van der Waals surface area contributed by atoms with Crippen LogP contribution in [0.1, 0.15) is 0 Å². The SMILES string of the molecule is CBCC(BC)CN. The number of nitrogens with two attached hydrogens (primary N) is 1. The first kappa shape index (κ1) is 8.09. The van der Waals surface area contributed by atoms with Crippen LogP contribution in [0, 0.1) is 0 Å². The molecule has 0 aromatic carbocycles. The normalized spacial score (nSPS) is 12.9. The molecule has 46 valence electrons. The van der Waals surface area contributed by atoms with Crippen molar-refractivity contribution in [2.24, 2.45) is 5.73 Å². The first-order valence-corrected chi connectivity index (χ1v) is 3.55.